The van der Waals surface area contributed by atoms with Gasteiger partial charge in [0.1, 0.15) is 0 Å². The molecule has 108 valence electrons. The van der Waals surface area contributed by atoms with Crippen LogP contribution in [0.2, 0.25) is 5.02 Å². The molecule has 3 aromatic rings. The van der Waals surface area contributed by atoms with Gasteiger partial charge in [0.05, 0.1) is 11.4 Å². The normalized spacial score (nSPS) is 11.2. The van der Waals surface area contributed by atoms with Gasteiger partial charge < -0.3 is 0 Å². The number of hydrogen-bond acceptors (Lipinski definition) is 3. The number of thiazole rings is 1. The van der Waals surface area contributed by atoms with Gasteiger partial charge in [0.25, 0.3) is 5.56 Å². The van der Waals surface area contributed by atoms with Crippen LogP contribution in [0, 0.1) is 6.92 Å². The Morgan fingerprint density at radius 2 is 2.00 bits per heavy atom. The second kappa shape index (κ2) is 5.62. The lowest BCUT2D eigenvalue weighted by atomic mass is 10.1. The second-order valence-electron chi connectivity index (χ2n) is 4.98. The van der Waals surface area contributed by atoms with Crippen molar-refractivity contribution in [3.63, 3.8) is 0 Å². The topological polar surface area (TPSA) is 34.4 Å². The van der Waals surface area contributed by atoms with E-state index in [1.165, 1.54) is 11.3 Å². The standard InChI is InChI=1S/C16H15ClN2OS/c1-3-4-13-10(2)15(20)19-14(9-21-16(19)18-13)11-5-7-12(17)8-6-11/h5-9H,3-4H2,1-2H3. The largest absolute Gasteiger partial charge is 0.269 e. The molecule has 5 heteroatoms. The lowest BCUT2D eigenvalue weighted by Crippen LogP contribution is -2.19. The molecule has 0 fully saturated rings. The Morgan fingerprint density at radius 3 is 2.67 bits per heavy atom. The first-order valence-corrected chi connectivity index (χ1v) is 8.13. The molecule has 3 nitrogen and oxygen atoms in total. The highest BCUT2D eigenvalue weighted by Gasteiger charge is 2.14. The summed E-state index contributed by atoms with van der Waals surface area (Å²) in [6, 6.07) is 7.51. The van der Waals surface area contributed by atoms with E-state index in [9.17, 15) is 4.79 Å². The van der Waals surface area contributed by atoms with E-state index in [1.807, 2.05) is 36.6 Å². The number of benzene rings is 1. The van der Waals surface area contributed by atoms with E-state index in [1.54, 1.807) is 4.40 Å². The third-order valence-electron chi connectivity index (χ3n) is 3.52. The molecule has 3 rings (SSSR count). The Balaban J connectivity index is 2.25. The van der Waals surface area contributed by atoms with Crippen molar-refractivity contribution in [1.29, 1.82) is 0 Å². The van der Waals surface area contributed by atoms with Crippen molar-refractivity contribution < 1.29 is 0 Å². The highest BCUT2D eigenvalue weighted by atomic mass is 35.5. The van der Waals surface area contributed by atoms with Gasteiger partial charge in [-0.25, -0.2) is 4.98 Å². The number of nitrogens with zero attached hydrogens (tertiary/aromatic N) is 2. The fourth-order valence-electron chi connectivity index (χ4n) is 2.38. The van der Waals surface area contributed by atoms with E-state index in [4.69, 9.17) is 11.6 Å². The summed E-state index contributed by atoms with van der Waals surface area (Å²) < 4.78 is 1.70. The van der Waals surface area contributed by atoms with Crippen LogP contribution in [-0.4, -0.2) is 9.38 Å². The minimum atomic E-state index is 0.0228. The molecule has 1 aromatic carbocycles. The Hall–Kier alpha value is -1.65. The molecule has 0 radical (unpaired) electrons. The quantitative estimate of drug-likeness (QED) is 0.720. The maximum atomic E-state index is 12.6. The summed E-state index contributed by atoms with van der Waals surface area (Å²) in [6.45, 7) is 3.95. The fraction of sp³-hybridized carbons (Fsp3) is 0.250. The van der Waals surface area contributed by atoms with Gasteiger partial charge >= 0.3 is 0 Å². The van der Waals surface area contributed by atoms with Gasteiger partial charge in [-0.2, -0.15) is 0 Å². The number of hydrogen-bond donors (Lipinski definition) is 0. The maximum absolute atomic E-state index is 12.6. The van der Waals surface area contributed by atoms with Crippen molar-refractivity contribution in [2.45, 2.75) is 26.7 Å². The Kier molecular flexibility index (Phi) is 3.83. The zero-order valence-corrected chi connectivity index (χ0v) is 13.5. The summed E-state index contributed by atoms with van der Waals surface area (Å²) in [4.78, 5) is 18.0. The summed E-state index contributed by atoms with van der Waals surface area (Å²) in [5, 5.41) is 2.66. The molecule has 0 atom stereocenters. The molecule has 0 aliphatic rings. The molecule has 0 aliphatic carbocycles. The molecule has 21 heavy (non-hydrogen) atoms. The predicted octanol–water partition coefficient (Wildman–Crippen LogP) is 4.34. The van der Waals surface area contributed by atoms with Gasteiger partial charge in [0.15, 0.2) is 4.96 Å². The molecule has 0 saturated heterocycles. The average Bonchev–Trinajstić information content (AvgIpc) is 2.89. The van der Waals surface area contributed by atoms with Crippen LogP contribution >= 0.6 is 22.9 Å². The maximum Gasteiger partial charge on any atom is 0.262 e. The summed E-state index contributed by atoms with van der Waals surface area (Å²) in [5.74, 6) is 0. The van der Waals surface area contributed by atoms with E-state index in [-0.39, 0.29) is 5.56 Å². The number of fused-ring (bicyclic) bond motifs is 1. The number of aromatic nitrogens is 2. The van der Waals surface area contributed by atoms with Crippen LogP contribution in [0.5, 0.6) is 0 Å². The molecule has 0 saturated carbocycles. The second-order valence-corrected chi connectivity index (χ2v) is 6.26. The molecular formula is C16H15ClN2OS. The molecule has 2 heterocycles. The van der Waals surface area contributed by atoms with E-state index >= 15 is 0 Å². The average molecular weight is 319 g/mol. The summed E-state index contributed by atoms with van der Waals surface area (Å²) >= 11 is 7.42. The highest BCUT2D eigenvalue weighted by molar-refractivity contribution is 7.15. The van der Waals surface area contributed by atoms with Crippen molar-refractivity contribution in [3.05, 3.63) is 56.3 Å². The Morgan fingerprint density at radius 1 is 1.29 bits per heavy atom. The monoisotopic (exact) mass is 318 g/mol. The lowest BCUT2D eigenvalue weighted by Gasteiger charge is -2.06. The zero-order chi connectivity index (χ0) is 15.0. The van der Waals surface area contributed by atoms with Gasteiger partial charge in [0, 0.05) is 16.0 Å². The number of rotatable bonds is 3. The molecular weight excluding hydrogens is 304 g/mol. The summed E-state index contributed by atoms with van der Waals surface area (Å²) in [6.07, 6.45) is 1.82. The van der Waals surface area contributed by atoms with Gasteiger partial charge in [-0.1, -0.05) is 37.1 Å². The molecule has 0 bridgehead atoms. The van der Waals surface area contributed by atoms with Gasteiger partial charge in [-0.3, -0.25) is 9.20 Å². The van der Waals surface area contributed by atoms with Crippen molar-refractivity contribution in [1.82, 2.24) is 9.38 Å². The van der Waals surface area contributed by atoms with Crippen LogP contribution in [0.3, 0.4) is 0 Å². The third-order valence-corrected chi connectivity index (χ3v) is 4.60. The van der Waals surface area contributed by atoms with Gasteiger partial charge in [-0.05, 0) is 31.0 Å². The predicted molar refractivity (Wildman–Crippen MR) is 88.5 cm³/mol. The Bertz CT molecular complexity index is 849. The van der Waals surface area contributed by atoms with Crippen LogP contribution in [0.1, 0.15) is 24.6 Å². The van der Waals surface area contributed by atoms with Crippen molar-refractivity contribution in [2.24, 2.45) is 0 Å². The smallest absolute Gasteiger partial charge is 0.262 e. The molecule has 2 aromatic heterocycles. The lowest BCUT2D eigenvalue weighted by molar-refractivity contribution is 0.857. The molecule has 0 amide bonds. The molecule has 0 spiro atoms. The first-order chi connectivity index (χ1) is 10.1. The zero-order valence-electron chi connectivity index (χ0n) is 11.9. The van der Waals surface area contributed by atoms with Crippen LogP contribution < -0.4 is 5.56 Å². The van der Waals surface area contributed by atoms with Crippen LogP contribution in [-0.2, 0) is 6.42 Å². The van der Waals surface area contributed by atoms with Crippen LogP contribution in [0.25, 0.3) is 16.2 Å². The van der Waals surface area contributed by atoms with Crippen molar-refractivity contribution in [2.75, 3.05) is 0 Å². The fourth-order valence-corrected chi connectivity index (χ4v) is 3.41. The van der Waals surface area contributed by atoms with Crippen molar-refractivity contribution >= 4 is 27.9 Å². The Labute approximate surface area is 131 Å². The van der Waals surface area contributed by atoms with E-state index in [0.717, 1.165) is 40.3 Å². The first-order valence-electron chi connectivity index (χ1n) is 6.87. The van der Waals surface area contributed by atoms with Crippen LogP contribution in [0.4, 0.5) is 0 Å². The highest BCUT2D eigenvalue weighted by Crippen LogP contribution is 2.26. The van der Waals surface area contributed by atoms with E-state index in [0.29, 0.717) is 5.02 Å². The minimum Gasteiger partial charge on any atom is -0.269 e. The van der Waals surface area contributed by atoms with Crippen LogP contribution in [0.15, 0.2) is 34.4 Å². The van der Waals surface area contributed by atoms with Gasteiger partial charge in [0.2, 0.25) is 0 Å². The third kappa shape index (κ3) is 2.49. The van der Waals surface area contributed by atoms with E-state index < -0.39 is 0 Å². The molecule has 0 unspecified atom stereocenters. The van der Waals surface area contributed by atoms with Gasteiger partial charge in [-0.15, -0.1) is 11.3 Å². The first kappa shape index (κ1) is 14.3. The molecule has 0 N–H and O–H groups in total. The molecule has 0 aliphatic heterocycles. The summed E-state index contributed by atoms with van der Waals surface area (Å²) in [7, 11) is 0. The van der Waals surface area contributed by atoms with E-state index in [2.05, 4.69) is 11.9 Å². The van der Waals surface area contributed by atoms with Crippen molar-refractivity contribution in [3.8, 4) is 11.3 Å². The number of halogens is 1. The minimum absolute atomic E-state index is 0.0228. The number of aryl methyl sites for hydroxylation is 1. The summed E-state index contributed by atoms with van der Waals surface area (Å²) in [5.41, 5.74) is 3.51. The SMILES string of the molecule is CCCc1nc2scc(-c3ccc(Cl)cc3)n2c(=O)c1C.